The van der Waals surface area contributed by atoms with Crippen LogP contribution in [0.3, 0.4) is 0 Å². The van der Waals surface area contributed by atoms with Crippen molar-refractivity contribution in [1.29, 1.82) is 0 Å². The third kappa shape index (κ3) is 1.59. The summed E-state index contributed by atoms with van der Waals surface area (Å²) in [5.41, 5.74) is 2.71. The molecule has 18 heavy (non-hydrogen) atoms. The Morgan fingerprint density at radius 1 is 1.39 bits per heavy atom. The van der Waals surface area contributed by atoms with Gasteiger partial charge in [-0.3, -0.25) is 14.5 Å². The molecular formula is C13H15N3O2. The Bertz CT molecular complexity index is 527. The first-order chi connectivity index (χ1) is 8.70. The molecule has 0 aromatic heterocycles. The molecule has 0 radical (unpaired) electrons. The highest BCUT2D eigenvalue weighted by Crippen LogP contribution is 2.33. The van der Waals surface area contributed by atoms with Gasteiger partial charge >= 0.3 is 0 Å². The van der Waals surface area contributed by atoms with E-state index in [0.29, 0.717) is 13.1 Å². The van der Waals surface area contributed by atoms with Crippen molar-refractivity contribution in [3.63, 3.8) is 0 Å². The minimum absolute atomic E-state index is 0.0457. The number of carbonyl (C=O) groups excluding carboxylic acids is 2. The van der Waals surface area contributed by atoms with Crippen LogP contribution in [0, 0.1) is 0 Å². The SMILES string of the molecule is CCc1ccc2c(c1)N1C(=O)CNCC1C(=O)N2. The molecule has 3 rings (SSSR count). The van der Waals surface area contributed by atoms with E-state index in [-0.39, 0.29) is 11.8 Å². The smallest absolute Gasteiger partial charge is 0.248 e. The highest BCUT2D eigenvalue weighted by atomic mass is 16.2. The Morgan fingerprint density at radius 2 is 2.22 bits per heavy atom. The number of nitrogens with one attached hydrogen (secondary N) is 2. The largest absolute Gasteiger partial charge is 0.322 e. The van der Waals surface area contributed by atoms with Crippen molar-refractivity contribution < 1.29 is 9.59 Å². The van der Waals surface area contributed by atoms with E-state index in [4.69, 9.17) is 0 Å². The molecule has 5 heteroatoms. The molecule has 1 atom stereocenters. The average molecular weight is 245 g/mol. The lowest BCUT2D eigenvalue weighted by molar-refractivity contribution is -0.124. The van der Waals surface area contributed by atoms with Crippen LogP contribution < -0.4 is 15.5 Å². The second-order valence-electron chi connectivity index (χ2n) is 4.60. The maximum atomic E-state index is 12.0. The summed E-state index contributed by atoms with van der Waals surface area (Å²) in [7, 11) is 0. The van der Waals surface area contributed by atoms with E-state index in [0.717, 1.165) is 23.4 Å². The maximum Gasteiger partial charge on any atom is 0.248 e. The third-order valence-electron chi connectivity index (χ3n) is 3.48. The van der Waals surface area contributed by atoms with E-state index >= 15 is 0 Å². The number of fused-ring (bicyclic) bond motifs is 3. The van der Waals surface area contributed by atoms with Crippen LogP contribution in [0.5, 0.6) is 0 Å². The van der Waals surface area contributed by atoms with Gasteiger partial charge in [-0.1, -0.05) is 13.0 Å². The summed E-state index contributed by atoms with van der Waals surface area (Å²) in [5.74, 6) is -0.164. The van der Waals surface area contributed by atoms with Crippen molar-refractivity contribution in [2.24, 2.45) is 0 Å². The summed E-state index contributed by atoms with van der Waals surface area (Å²) in [5, 5.41) is 5.83. The lowest BCUT2D eigenvalue weighted by Crippen LogP contribution is -2.61. The van der Waals surface area contributed by atoms with Crippen LogP contribution in [0.15, 0.2) is 18.2 Å². The number of amides is 2. The summed E-state index contributed by atoms with van der Waals surface area (Å²) in [6, 6.07) is 5.42. The van der Waals surface area contributed by atoms with E-state index in [1.54, 1.807) is 4.90 Å². The summed E-state index contributed by atoms with van der Waals surface area (Å²) >= 11 is 0. The molecule has 1 fully saturated rings. The molecule has 2 aliphatic rings. The van der Waals surface area contributed by atoms with Gasteiger partial charge in [0, 0.05) is 6.54 Å². The quantitative estimate of drug-likeness (QED) is 0.757. The number of hydrogen-bond donors (Lipinski definition) is 2. The zero-order valence-corrected chi connectivity index (χ0v) is 10.2. The van der Waals surface area contributed by atoms with Gasteiger partial charge in [-0.05, 0) is 24.1 Å². The Kier molecular flexibility index (Phi) is 2.56. The molecule has 0 spiro atoms. The van der Waals surface area contributed by atoms with Crippen LogP contribution in [0.4, 0.5) is 11.4 Å². The molecule has 94 valence electrons. The zero-order chi connectivity index (χ0) is 12.7. The van der Waals surface area contributed by atoms with Crippen LogP contribution in [-0.4, -0.2) is 30.9 Å². The van der Waals surface area contributed by atoms with Gasteiger partial charge in [-0.15, -0.1) is 0 Å². The molecule has 1 saturated heterocycles. The highest BCUT2D eigenvalue weighted by Gasteiger charge is 2.39. The molecule has 0 bridgehead atoms. The van der Waals surface area contributed by atoms with E-state index in [2.05, 4.69) is 17.6 Å². The van der Waals surface area contributed by atoms with Crippen LogP contribution in [-0.2, 0) is 16.0 Å². The van der Waals surface area contributed by atoms with Crippen molar-refractivity contribution in [3.8, 4) is 0 Å². The zero-order valence-electron chi connectivity index (χ0n) is 10.2. The Labute approximate surface area is 105 Å². The van der Waals surface area contributed by atoms with Crippen LogP contribution in [0.1, 0.15) is 12.5 Å². The van der Waals surface area contributed by atoms with Crippen LogP contribution in [0.2, 0.25) is 0 Å². The fourth-order valence-electron chi connectivity index (χ4n) is 2.50. The van der Waals surface area contributed by atoms with Gasteiger partial charge in [0.1, 0.15) is 6.04 Å². The molecule has 2 N–H and O–H groups in total. The molecule has 0 saturated carbocycles. The Hall–Kier alpha value is -1.88. The monoisotopic (exact) mass is 245 g/mol. The van der Waals surface area contributed by atoms with Crippen molar-refractivity contribution in [2.75, 3.05) is 23.3 Å². The fraction of sp³-hybridized carbons (Fsp3) is 0.385. The van der Waals surface area contributed by atoms with Crippen LogP contribution >= 0.6 is 0 Å². The van der Waals surface area contributed by atoms with Crippen molar-refractivity contribution >= 4 is 23.2 Å². The topological polar surface area (TPSA) is 61.4 Å². The van der Waals surface area contributed by atoms with Gasteiger partial charge in [0.25, 0.3) is 0 Å². The average Bonchev–Trinajstić information content (AvgIpc) is 2.39. The predicted molar refractivity (Wildman–Crippen MR) is 68.6 cm³/mol. The molecule has 2 heterocycles. The molecule has 1 aromatic carbocycles. The first-order valence-corrected chi connectivity index (χ1v) is 6.17. The molecule has 1 aromatic rings. The summed E-state index contributed by atoms with van der Waals surface area (Å²) in [6.45, 7) is 2.87. The van der Waals surface area contributed by atoms with E-state index in [1.807, 2.05) is 18.2 Å². The normalized spacial score (nSPS) is 22.3. The molecule has 0 aliphatic carbocycles. The van der Waals surface area contributed by atoms with Gasteiger partial charge in [-0.25, -0.2) is 0 Å². The standard InChI is InChI=1S/C13H15N3O2/c1-2-8-3-4-9-10(5-8)16-11(13(18)15-9)6-14-7-12(16)17/h3-5,11,14H,2,6-7H2,1H3,(H,15,18). The first kappa shape index (κ1) is 11.2. The number of hydrogen-bond acceptors (Lipinski definition) is 3. The number of anilines is 2. The number of piperazine rings is 1. The third-order valence-corrected chi connectivity index (χ3v) is 3.48. The number of nitrogens with zero attached hydrogens (tertiary/aromatic N) is 1. The summed E-state index contributed by atoms with van der Waals surface area (Å²) in [4.78, 5) is 25.6. The summed E-state index contributed by atoms with van der Waals surface area (Å²) < 4.78 is 0. The lowest BCUT2D eigenvalue weighted by Gasteiger charge is -2.39. The van der Waals surface area contributed by atoms with Crippen molar-refractivity contribution in [1.82, 2.24) is 5.32 Å². The van der Waals surface area contributed by atoms with Gasteiger partial charge < -0.3 is 10.6 Å². The van der Waals surface area contributed by atoms with Gasteiger partial charge in [0.15, 0.2) is 0 Å². The van der Waals surface area contributed by atoms with Crippen molar-refractivity contribution in [2.45, 2.75) is 19.4 Å². The minimum atomic E-state index is -0.425. The number of carbonyl (C=O) groups is 2. The minimum Gasteiger partial charge on any atom is -0.322 e. The highest BCUT2D eigenvalue weighted by molar-refractivity contribution is 6.13. The van der Waals surface area contributed by atoms with Crippen LogP contribution in [0.25, 0.3) is 0 Å². The van der Waals surface area contributed by atoms with E-state index < -0.39 is 6.04 Å². The van der Waals surface area contributed by atoms with E-state index in [9.17, 15) is 9.59 Å². The maximum absolute atomic E-state index is 12.0. The van der Waals surface area contributed by atoms with Gasteiger partial charge in [0.2, 0.25) is 11.8 Å². The molecule has 1 unspecified atom stereocenters. The van der Waals surface area contributed by atoms with E-state index in [1.165, 1.54) is 0 Å². The van der Waals surface area contributed by atoms with Crippen molar-refractivity contribution in [3.05, 3.63) is 23.8 Å². The fourth-order valence-corrected chi connectivity index (χ4v) is 2.50. The first-order valence-electron chi connectivity index (χ1n) is 6.17. The Balaban J connectivity index is 2.11. The molecule has 5 nitrogen and oxygen atoms in total. The Morgan fingerprint density at radius 3 is 3.00 bits per heavy atom. The molecule has 2 aliphatic heterocycles. The summed E-state index contributed by atoms with van der Waals surface area (Å²) in [6.07, 6.45) is 0.909. The molecular weight excluding hydrogens is 230 g/mol. The van der Waals surface area contributed by atoms with Gasteiger partial charge in [-0.2, -0.15) is 0 Å². The number of aryl methyl sites for hydroxylation is 1. The van der Waals surface area contributed by atoms with Gasteiger partial charge in [0.05, 0.1) is 17.9 Å². The lowest BCUT2D eigenvalue weighted by atomic mass is 10.0. The number of rotatable bonds is 1. The second kappa shape index (κ2) is 4.10. The number of benzene rings is 1. The molecule has 2 amide bonds. The predicted octanol–water partition coefficient (Wildman–Crippen LogP) is 0.506. The second-order valence-corrected chi connectivity index (χ2v) is 4.60.